The zero-order chi connectivity index (χ0) is 25.5. The van der Waals surface area contributed by atoms with Crippen LogP contribution < -0.4 is 15.0 Å². The highest BCUT2D eigenvalue weighted by molar-refractivity contribution is 6.35. The lowest BCUT2D eigenvalue weighted by molar-refractivity contribution is 0.0923. The van der Waals surface area contributed by atoms with Crippen molar-refractivity contribution in [3.05, 3.63) is 81.5 Å². The zero-order valence-corrected chi connectivity index (χ0v) is 21.9. The van der Waals surface area contributed by atoms with E-state index in [1.807, 2.05) is 47.8 Å². The number of fused-ring (bicyclic) bond motifs is 2. The summed E-state index contributed by atoms with van der Waals surface area (Å²) in [4.78, 5) is 16.0. The minimum absolute atomic E-state index is 0.135. The number of aryl methyl sites for hydroxylation is 1. The molecule has 6 rings (SSSR count). The zero-order valence-electron chi connectivity index (χ0n) is 20.3. The van der Waals surface area contributed by atoms with E-state index < -0.39 is 0 Å². The third-order valence-electron chi connectivity index (χ3n) is 6.94. The van der Waals surface area contributed by atoms with Crippen LogP contribution in [0.3, 0.4) is 0 Å². The van der Waals surface area contributed by atoms with Gasteiger partial charge in [0.15, 0.2) is 0 Å². The van der Waals surface area contributed by atoms with E-state index in [1.54, 1.807) is 12.3 Å². The molecule has 7 nitrogen and oxygen atoms in total. The fourth-order valence-electron chi connectivity index (χ4n) is 5.28. The Bertz CT molecular complexity index is 1480. The molecule has 0 unspecified atom stereocenters. The Morgan fingerprint density at radius 1 is 1.05 bits per heavy atom. The molecule has 0 aliphatic carbocycles. The second-order valence-corrected chi connectivity index (χ2v) is 10.2. The Hall–Kier alpha value is -3.26. The summed E-state index contributed by atoms with van der Waals surface area (Å²) in [6, 6.07) is 15.2. The van der Waals surface area contributed by atoms with Crippen LogP contribution in [0.2, 0.25) is 10.0 Å². The first-order valence-electron chi connectivity index (χ1n) is 12.3. The maximum Gasteiger partial charge on any atom is 0.255 e. The van der Waals surface area contributed by atoms with Gasteiger partial charge in [-0.15, -0.1) is 0 Å². The van der Waals surface area contributed by atoms with E-state index in [4.69, 9.17) is 37.8 Å². The molecule has 1 saturated heterocycles. The highest BCUT2D eigenvalue weighted by Gasteiger charge is 2.28. The second kappa shape index (κ2) is 9.89. The van der Waals surface area contributed by atoms with Gasteiger partial charge in [0.2, 0.25) is 0 Å². The summed E-state index contributed by atoms with van der Waals surface area (Å²) in [5.41, 5.74) is 5.99. The Labute approximate surface area is 224 Å². The number of carbonyl (C=O) groups is 1. The van der Waals surface area contributed by atoms with E-state index >= 15 is 0 Å². The summed E-state index contributed by atoms with van der Waals surface area (Å²) < 4.78 is 13.3. The van der Waals surface area contributed by atoms with E-state index in [0.29, 0.717) is 54.9 Å². The van der Waals surface area contributed by atoms with Gasteiger partial charge in [0, 0.05) is 40.7 Å². The number of nitrogens with zero attached hydrogens (tertiary/aromatic N) is 3. The molecule has 0 saturated carbocycles. The van der Waals surface area contributed by atoms with Crippen LogP contribution in [0.1, 0.15) is 33.9 Å². The topological polar surface area (TPSA) is 68.1 Å². The van der Waals surface area contributed by atoms with Crippen LogP contribution in [0.5, 0.6) is 5.75 Å². The van der Waals surface area contributed by atoms with Gasteiger partial charge in [0.25, 0.3) is 5.91 Å². The number of morpholine rings is 1. The minimum Gasteiger partial charge on any atom is -0.493 e. The number of halogens is 2. The molecule has 1 N–H and O–H groups in total. The van der Waals surface area contributed by atoms with E-state index in [0.717, 1.165) is 39.3 Å². The van der Waals surface area contributed by atoms with Gasteiger partial charge < -0.3 is 19.7 Å². The summed E-state index contributed by atoms with van der Waals surface area (Å²) in [7, 11) is 0. The lowest BCUT2D eigenvalue weighted by Gasteiger charge is -2.31. The Morgan fingerprint density at radius 3 is 2.59 bits per heavy atom. The largest absolute Gasteiger partial charge is 0.493 e. The number of anilines is 1. The van der Waals surface area contributed by atoms with Crippen molar-refractivity contribution >= 4 is 40.3 Å². The molecule has 9 heteroatoms. The lowest BCUT2D eigenvalue weighted by atomic mass is 10.00. The molecule has 0 radical (unpaired) electrons. The van der Waals surface area contributed by atoms with Crippen molar-refractivity contribution in [2.45, 2.75) is 19.4 Å². The summed E-state index contributed by atoms with van der Waals surface area (Å²) in [6.07, 6.45) is 2.36. The number of carbonyl (C=O) groups excluding carboxylic acids is 1. The maximum absolute atomic E-state index is 13.8. The highest BCUT2D eigenvalue weighted by atomic mass is 35.5. The van der Waals surface area contributed by atoms with Crippen LogP contribution in [-0.4, -0.2) is 48.4 Å². The van der Waals surface area contributed by atoms with Crippen LogP contribution in [0, 0.1) is 6.92 Å². The van der Waals surface area contributed by atoms with Crippen molar-refractivity contribution in [1.82, 2.24) is 14.9 Å². The fraction of sp³-hybridized carbons (Fsp3) is 0.286. The first-order chi connectivity index (χ1) is 18.0. The van der Waals surface area contributed by atoms with Gasteiger partial charge in [0.1, 0.15) is 5.75 Å². The maximum atomic E-state index is 13.8. The lowest BCUT2D eigenvalue weighted by Crippen LogP contribution is -2.39. The van der Waals surface area contributed by atoms with E-state index in [-0.39, 0.29) is 11.9 Å². The smallest absolute Gasteiger partial charge is 0.255 e. The van der Waals surface area contributed by atoms with Crippen LogP contribution in [0.4, 0.5) is 5.69 Å². The molecule has 1 amide bonds. The number of hydrogen-bond acceptors (Lipinski definition) is 5. The minimum atomic E-state index is -0.163. The number of hydrogen-bond donors (Lipinski definition) is 1. The van der Waals surface area contributed by atoms with Crippen LogP contribution >= 0.6 is 23.2 Å². The highest BCUT2D eigenvalue weighted by Crippen LogP contribution is 2.37. The van der Waals surface area contributed by atoms with Gasteiger partial charge in [-0.2, -0.15) is 5.10 Å². The van der Waals surface area contributed by atoms with Gasteiger partial charge >= 0.3 is 0 Å². The summed E-state index contributed by atoms with van der Waals surface area (Å²) in [6.45, 7) is 5.14. The molecular weight excluding hydrogens is 511 g/mol. The first kappa shape index (κ1) is 24.1. The van der Waals surface area contributed by atoms with E-state index in [1.165, 1.54) is 0 Å². The average Bonchev–Trinajstić information content (AvgIpc) is 3.24. The molecule has 4 aromatic rings. The van der Waals surface area contributed by atoms with E-state index in [2.05, 4.69) is 16.3 Å². The van der Waals surface area contributed by atoms with Gasteiger partial charge in [-0.1, -0.05) is 41.4 Å². The average molecular weight is 537 g/mol. The number of rotatable bonds is 4. The number of para-hydroxylation sites is 1. The molecule has 2 aromatic carbocycles. The second-order valence-electron chi connectivity index (χ2n) is 9.34. The Morgan fingerprint density at radius 2 is 1.81 bits per heavy atom. The Balaban J connectivity index is 1.45. The van der Waals surface area contributed by atoms with E-state index in [9.17, 15) is 4.79 Å². The number of benzene rings is 2. The summed E-state index contributed by atoms with van der Waals surface area (Å²) in [5.74, 6) is 0.650. The summed E-state index contributed by atoms with van der Waals surface area (Å²) in [5, 5.41) is 9.09. The van der Waals surface area contributed by atoms with Crippen molar-refractivity contribution in [3.63, 3.8) is 0 Å². The van der Waals surface area contributed by atoms with Crippen LogP contribution in [0.15, 0.2) is 54.7 Å². The molecule has 2 aliphatic rings. The molecule has 1 atom stereocenters. The molecule has 4 heterocycles. The fourth-order valence-corrected chi connectivity index (χ4v) is 5.81. The van der Waals surface area contributed by atoms with Crippen molar-refractivity contribution in [3.8, 4) is 17.0 Å². The quantitative estimate of drug-likeness (QED) is 0.362. The monoisotopic (exact) mass is 536 g/mol. The number of amides is 1. The van der Waals surface area contributed by atoms with Crippen molar-refractivity contribution in [2.24, 2.45) is 0 Å². The molecule has 2 aliphatic heterocycles. The van der Waals surface area contributed by atoms with Crippen molar-refractivity contribution in [2.75, 3.05) is 37.8 Å². The summed E-state index contributed by atoms with van der Waals surface area (Å²) >= 11 is 12.6. The molecular formula is C28H26Cl2N4O3. The molecule has 0 bridgehead atoms. The first-order valence-corrected chi connectivity index (χ1v) is 13.1. The molecule has 2 aromatic heterocycles. The molecule has 37 heavy (non-hydrogen) atoms. The van der Waals surface area contributed by atoms with Gasteiger partial charge in [-0.25, -0.2) is 4.52 Å². The molecule has 1 fully saturated rings. The molecule has 190 valence electrons. The van der Waals surface area contributed by atoms with Crippen LogP contribution in [0.25, 0.3) is 16.8 Å². The third kappa shape index (κ3) is 4.52. The predicted molar refractivity (Wildman–Crippen MR) is 145 cm³/mol. The van der Waals surface area contributed by atoms with Gasteiger partial charge in [-0.05, 0) is 42.8 Å². The number of aromatic nitrogens is 2. The van der Waals surface area contributed by atoms with Crippen molar-refractivity contribution < 1.29 is 14.3 Å². The predicted octanol–water partition coefficient (Wildman–Crippen LogP) is 5.71. The van der Waals surface area contributed by atoms with Gasteiger partial charge in [-0.3, -0.25) is 4.79 Å². The molecule has 0 spiro atoms. The number of nitrogens with one attached hydrogen (secondary N) is 1. The Kier molecular flexibility index (Phi) is 6.44. The normalized spacial score (nSPS) is 17.4. The van der Waals surface area contributed by atoms with Crippen LogP contribution in [-0.2, 0) is 4.74 Å². The third-order valence-corrected chi connectivity index (χ3v) is 7.37. The standard InChI is InChI=1S/C28H26Cl2N4O3/c1-17-12-24-27(33-7-10-36-11-8-33)22(16-31-34(24)26(17)18-13-19(29)15-20(30)14-18)28(35)32-23-6-9-37-25-5-3-2-4-21(23)25/h2-5,12-16,23H,6-11H2,1H3,(H,32,35)/t23-/m0/s1. The van der Waals surface area contributed by atoms with Gasteiger partial charge in [0.05, 0.1) is 54.5 Å². The number of ether oxygens (including phenoxy) is 2. The van der Waals surface area contributed by atoms with Crippen molar-refractivity contribution in [1.29, 1.82) is 0 Å². The SMILES string of the molecule is Cc1cc2c(N3CCOCC3)c(C(=O)N[C@H]3CCOc4ccccc43)cnn2c1-c1cc(Cl)cc(Cl)c1.